The van der Waals surface area contributed by atoms with Crippen molar-refractivity contribution in [1.29, 1.82) is 0 Å². The first kappa shape index (κ1) is 18.4. The van der Waals surface area contributed by atoms with E-state index in [1.807, 2.05) is 60.7 Å². The van der Waals surface area contributed by atoms with Crippen LogP contribution in [0.3, 0.4) is 0 Å². The molecule has 0 fully saturated rings. The van der Waals surface area contributed by atoms with Gasteiger partial charge in [0, 0.05) is 13.1 Å². The van der Waals surface area contributed by atoms with E-state index in [9.17, 15) is 9.59 Å². The van der Waals surface area contributed by atoms with Crippen LogP contribution in [0.15, 0.2) is 60.7 Å². The van der Waals surface area contributed by atoms with Gasteiger partial charge in [0.1, 0.15) is 0 Å². The van der Waals surface area contributed by atoms with Crippen molar-refractivity contribution < 1.29 is 9.59 Å². The van der Waals surface area contributed by atoms with Crippen LogP contribution in [-0.2, 0) is 22.7 Å². The van der Waals surface area contributed by atoms with Gasteiger partial charge in [-0.2, -0.15) is 0 Å². The van der Waals surface area contributed by atoms with Crippen LogP contribution in [0.2, 0.25) is 0 Å². The van der Waals surface area contributed by atoms with Crippen LogP contribution in [-0.4, -0.2) is 23.3 Å². The van der Waals surface area contributed by atoms with E-state index in [1.54, 1.807) is 0 Å². The Kier molecular flexibility index (Phi) is 8.27. The third kappa shape index (κ3) is 7.57. The van der Waals surface area contributed by atoms with Gasteiger partial charge in [0.05, 0.1) is 11.5 Å². The minimum atomic E-state index is -0.0268. The number of carbonyl (C=O) groups excluding carboxylic acids is 2. The van der Waals surface area contributed by atoms with E-state index < -0.39 is 0 Å². The maximum Gasteiger partial charge on any atom is 0.231 e. The molecule has 0 aliphatic heterocycles. The second-order valence-electron chi connectivity index (χ2n) is 5.05. The van der Waals surface area contributed by atoms with E-state index in [0.717, 1.165) is 11.1 Å². The van der Waals surface area contributed by atoms with Gasteiger partial charge in [0.2, 0.25) is 11.8 Å². The number of hydrogen-bond donors (Lipinski definition) is 2. The normalized spacial score (nSPS) is 10.2. The zero-order valence-electron chi connectivity index (χ0n) is 13.2. The van der Waals surface area contributed by atoms with E-state index in [0.29, 0.717) is 24.6 Å². The highest BCUT2D eigenvalue weighted by atomic mass is 33.1. The Hall–Kier alpha value is -1.92. The molecule has 0 aliphatic rings. The van der Waals surface area contributed by atoms with Crippen molar-refractivity contribution in [2.24, 2.45) is 0 Å². The maximum absolute atomic E-state index is 11.7. The fourth-order valence-corrected chi connectivity index (χ4v) is 3.61. The number of benzene rings is 2. The molecule has 6 heteroatoms. The van der Waals surface area contributed by atoms with Gasteiger partial charge in [0.25, 0.3) is 0 Å². The fraction of sp³-hybridized carbons (Fsp3) is 0.222. The molecule has 0 atom stereocenters. The Bertz CT molecular complexity index is 578. The summed E-state index contributed by atoms with van der Waals surface area (Å²) >= 11 is 0. The first-order valence-corrected chi connectivity index (χ1v) is 10.1. The average molecular weight is 361 g/mol. The van der Waals surface area contributed by atoms with Crippen LogP contribution in [0, 0.1) is 0 Å². The van der Waals surface area contributed by atoms with Crippen LogP contribution < -0.4 is 10.6 Å². The lowest BCUT2D eigenvalue weighted by Crippen LogP contribution is -2.25. The molecule has 0 spiro atoms. The van der Waals surface area contributed by atoms with Gasteiger partial charge in [-0.05, 0) is 11.1 Å². The molecule has 2 aromatic carbocycles. The van der Waals surface area contributed by atoms with Crippen molar-refractivity contribution >= 4 is 33.4 Å². The van der Waals surface area contributed by atoms with E-state index in [1.165, 1.54) is 21.6 Å². The molecule has 0 bridgehead atoms. The number of rotatable bonds is 9. The number of amides is 2. The maximum atomic E-state index is 11.7. The van der Waals surface area contributed by atoms with Crippen LogP contribution in [0.5, 0.6) is 0 Å². The van der Waals surface area contributed by atoms with Gasteiger partial charge in [-0.25, -0.2) is 0 Å². The Morgan fingerprint density at radius 3 is 1.42 bits per heavy atom. The van der Waals surface area contributed by atoms with E-state index in [4.69, 9.17) is 0 Å². The monoisotopic (exact) mass is 360 g/mol. The number of carbonyl (C=O) groups is 2. The Labute approximate surface area is 150 Å². The molecular formula is C18H20N2O2S2. The molecule has 0 aromatic heterocycles. The molecule has 0 heterocycles. The average Bonchev–Trinajstić information content (AvgIpc) is 2.63. The van der Waals surface area contributed by atoms with Gasteiger partial charge in [-0.1, -0.05) is 82.3 Å². The van der Waals surface area contributed by atoms with Crippen molar-refractivity contribution in [1.82, 2.24) is 10.6 Å². The largest absolute Gasteiger partial charge is 0.351 e. The summed E-state index contributed by atoms with van der Waals surface area (Å²) < 4.78 is 0. The molecule has 0 radical (unpaired) electrons. The summed E-state index contributed by atoms with van der Waals surface area (Å²) in [6.07, 6.45) is 0. The van der Waals surface area contributed by atoms with Crippen molar-refractivity contribution in [2.75, 3.05) is 11.5 Å². The van der Waals surface area contributed by atoms with Gasteiger partial charge in [0.15, 0.2) is 0 Å². The highest BCUT2D eigenvalue weighted by Crippen LogP contribution is 2.20. The standard InChI is InChI=1S/C18H20N2O2S2/c21-17(19-11-15-7-3-1-4-8-15)13-23-24-14-18(22)20-12-16-9-5-2-6-10-16/h1-10H,11-14H2,(H,19,21)(H,20,22). The number of hydrogen-bond acceptors (Lipinski definition) is 4. The number of nitrogens with one attached hydrogen (secondary N) is 2. The molecule has 2 amide bonds. The van der Waals surface area contributed by atoms with Crippen LogP contribution in [0.1, 0.15) is 11.1 Å². The molecule has 126 valence electrons. The van der Waals surface area contributed by atoms with Crippen molar-refractivity contribution in [3.8, 4) is 0 Å². The lowest BCUT2D eigenvalue weighted by atomic mass is 10.2. The van der Waals surface area contributed by atoms with Gasteiger partial charge < -0.3 is 10.6 Å². The summed E-state index contributed by atoms with van der Waals surface area (Å²) in [7, 11) is 2.78. The molecule has 0 saturated carbocycles. The minimum Gasteiger partial charge on any atom is -0.351 e. The molecule has 0 saturated heterocycles. The summed E-state index contributed by atoms with van der Waals surface area (Å²) in [6.45, 7) is 1.06. The second-order valence-corrected chi connectivity index (χ2v) is 7.51. The Morgan fingerprint density at radius 1 is 0.667 bits per heavy atom. The summed E-state index contributed by atoms with van der Waals surface area (Å²) in [5, 5.41) is 5.72. The summed E-state index contributed by atoms with van der Waals surface area (Å²) in [5.74, 6) is 0.620. The second kappa shape index (κ2) is 10.8. The van der Waals surface area contributed by atoms with Crippen LogP contribution >= 0.6 is 21.6 Å². The minimum absolute atomic E-state index is 0.0268. The molecule has 24 heavy (non-hydrogen) atoms. The van der Waals surface area contributed by atoms with Crippen LogP contribution in [0.4, 0.5) is 0 Å². The zero-order valence-corrected chi connectivity index (χ0v) is 14.9. The Morgan fingerprint density at radius 2 is 1.04 bits per heavy atom. The van der Waals surface area contributed by atoms with Gasteiger partial charge in [-0.15, -0.1) is 0 Å². The lowest BCUT2D eigenvalue weighted by Gasteiger charge is -2.06. The molecule has 2 rings (SSSR count). The highest BCUT2D eigenvalue weighted by Gasteiger charge is 2.05. The summed E-state index contributed by atoms with van der Waals surface area (Å²) in [4.78, 5) is 23.5. The van der Waals surface area contributed by atoms with Gasteiger partial charge in [-0.3, -0.25) is 9.59 Å². The zero-order chi connectivity index (χ0) is 17.0. The molecule has 4 nitrogen and oxygen atoms in total. The van der Waals surface area contributed by atoms with Gasteiger partial charge >= 0.3 is 0 Å². The third-order valence-corrected chi connectivity index (χ3v) is 5.26. The molecular weight excluding hydrogens is 340 g/mol. The predicted molar refractivity (Wildman–Crippen MR) is 101 cm³/mol. The van der Waals surface area contributed by atoms with E-state index in [2.05, 4.69) is 10.6 Å². The van der Waals surface area contributed by atoms with E-state index >= 15 is 0 Å². The lowest BCUT2D eigenvalue weighted by molar-refractivity contribution is -0.119. The topological polar surface area (TPSA) is 58.2 Å². The smallest absolute Gasteiger partial charge is 0.231 e. The first-order chi connectivity index (χ1) is 11.7. The molecule has 0 aliphatic carbocycles. The van der Waals surface area contributed by atoms with Crippen molar-refractivity contribution in [3.05, 3.63) is 71.8 Å². The van der Waals surface area contributed by atoms with E-state index in [-0.39, 0.29) is 11.8 Å². The quantitative estimate of drug-likeness (QED) is 0.533. The molecule has 2 aromatic rings. The van der Waals surface area contributed by atoms with Crippen molar-refractivity contribution in [2.45, 2.75) is 13.1 Å². The van der Waals surface area contributed by atoms with Crippen molar-refractivity contribution in [3.63, 3.8) is 0 Å². The molecule has 2 N–H and O–H groups in total. The third-order valence-electron chi connectivity index (χ3n) is 3.13. The highest BCUT2D eigenvalue weighted by molar-refractivity contribution is 8.77. The fourth-order valence-electron chi connectivity index (χ4n) is 1.89. The molecule has 0 unspecified atom stereocenters. The predicted octanol–water partition coefficient (Wildman–Crippen LogP) is 3.00. The van der Waals surface area contributed by atoms with Crippen LogP contribution in [0.25, 0.3) is 0 Å². The Balaban J connectivity index is 1.52. The first-order valence-electron chi connectivity index (χ1n) is 7.59. The summed E-state index contributed by atoms with van der Waals surface area (Å²) in [6, 6.07) is 19.6. The SMILES string of the molecule is O=C(CSSCC(=O)NCc1ccccc1)NCc1ccccc1. The summed E-state index contributed by atoms with van der Waals surface area (Å²) in [5.41, 5.74) is 2.15.